The first kappa shape index (κ1) is 12.5. The number of hydrogen-bond donors (Lipinski definition) is 1. The van der Waals surface area contributed by atoms with Crippen molar-refractivity contribution in [2.45, 2.75) is 30.4 Å². The van der Waals surface area contributed by atoms with Crippen LogP contribution in [0, 0.1) is 5.92 Å². The lowest BCUT2D eigenvalue weighted by Crippen LogP contribution is -2.45. The van der Waals surface area contributed by atoms with E-state index in [1.54, 1.807) is 6.21 Å². The molecule has 1 saturated heterocycles. The standard InChI is InChI=1S/C10H15BrClN3O/c11-8-6-14-10(12,9(13)15-8)5-7-1-3-16-4-2-7/h6-7,9H,1-5,13H2. The number of rotatable bonds is 2. The van der Waals surface area contributed by atoms with Gasteiger partial charge in [0.25, 0.3) is 0 Å². The van der Waals surface area contributed by atoms with Crippen molar-refractivity contribution in [1.29, 1.82) is 0 Å². The molecule has 6 heteroatoms. The van der Waals surface area contributed by atoms with E-state index in [1.807, 2.05) is 0 Å². The van der Waals surface area contributed by atoms with Crippen LogP contribution in [-0.4, -0.2) is 35.2 Å². The summed E-state index contributed by atoms with van der Waals surface area (Å²) < 4.78 is 5.97. The molecule has 0 saturated carbocycles. The molecule has 0 aliphatic carbocycles. The molecule has 1 fully saturated rings. The highest BCUT2D eigenvalue weighted by Crippen LogP contribution is 2.35. The van der Waals surface area contributed by atoms with E-state index in [0.29, 0.717) is 10.5 Å². The van der Waals surface area contributed by atoms with Gasteiger partial charge in [0.2, 0.25) is 0 Å². The van der Waals surface area contributed by atoms with Gasteiger partial charge in [0.15, 0.2) is 5.00 Å². The molecule has 0 aromatic carbocycles. The smallest absolute Gasteiger partial charge is 0.169 e. The first-order valence-electron chi connectivity index (χ1n) is 5.41. The van der Waals surface area contributed by atoms with Crippen LogP contribution in [0.4, 0.5) is 0 Å². The van der Waals surface area contributed by atoms with Gasteiger partial charge >= 0.3 is 0 Å². The number of aliphatic imine (C=N–C) groups is 2. The molecule has 0 aromatic heterocycles. The molecule has 4 nitrogen and oxygen atoms in total. The Kier molecular flexibility index (Phi) is 4.00. The quantitative estimate of drug-likeness (QED) is 0.625. The zero-order valence-electron chi connectivity index (χ0n) is 8.90. The van der Waals surface area contributed by atoms with Gasteiger partial charge in [0.05, 0.1) is 6.21 Å². The zero-order valence-corrected chi connectivity index (χ0v) is 11.2. The lowest BCUT2D eigenvalue weighted by molar-refractivity contribution is 0.0594. The molecule has 2 unspecified atom stereocenters. The molecule has 0 spiro atoms. The second-order valence-electron chi connectivity index (χ2n) is 4.23. The van der Waals surface area contributed by atoms with E-state index in [9.17, 15) is 0 Å². The fraction of sp³-hybridized carbons (Fsp3) is 0.800. The van der Waals surface area contributed by atoms with E-state index in [2.05, 4.69) is 25.9 Å². The summed E-state index contributed by atoms with van der Waals surface area (Å²) in [6.07, 6.45) is 3.98. The van der Waals surface area contributed by atoms with Crippen molar-refractivity contribution in [1.82, 2.24) is 0 Å². The minimum absolute atomic E-state index is 0.476. The summed E-state index contributed by atoms with van der Waals surface area (Å²) in [6, 6.07) is 0. The average Bonchev–Trinajstić information content (AvgIpc) is 2.26. The zero-order chi connectivity index (χ0) is 11.6. The lowest BCUT2D eigenvalue weighted by atomic mass is 9.91. The molecule has 2 aliphatic heterocycles. The fourth-order valence-electron chi connectivity index (χ4n) is 2.03. The molecule has 0 radical (unpaired) electrons. The second kappa shape index (κ2) is 5.12. The Labute approximate surface area is 108 Å². The predicted molar refractivity (Wildman–Crippen MR) is 69.6 cm³/mol. The molecule has 0 aromatic rings. The Morgan fingerprint density at radius 1 is 1.56 bits per heavy atom. The van der Waals surface area contributed by atoms with Crippen LogP contribution in [0.3, 0.4) is 0 Å². The van der Waals surface area contributed by atoms with Gasteiger partial charge in [-0.3, -0.25) is 9.98 Å². The van der Waals surface area contributed by atoms with E-state index in [0.717, 1.165) is 32.5 Å². The Balaban J connectivity index is 2.00. The van der Waals surface area contributed by atoms with Crippen LogP contribution in [0.5, 0.6) is 0 Å². The van der Waals surface area contributed by atoms with Gasteiger partial charge in [0, 0.05) is 13.2 Å². The van der Waals surface area contributed by atoms with Gasteiger partial charge in [-0.25, -0.2) is 0 Å². The molecule has 2 N–H and O–H groups in total. The maximum Gasteiger partial charge on any atom is 0.169 e. The summed E-state index contributed by atoms with van der Waals surface area (Å²) in [7, 11) is 0. The van der Waals surface area contributed by atoms with Crippen molar-refractivity contribution in [3.8, 4) is 0 Å². The van der Waals surface area contributed by atoms with Crippen LogP contribution in [-0.2, 0) is 4.74 Å². The Morgan fingerprint density at radius 2 is 2.25 bits per heavy atom. The van der Waals surface area contributed by atoms with Crippen molar-refractivity contribution in [3.63, 3.8) is 0 Å². The second-order valence-corrected chi connectivity index (χ2v) is 5.70. The van der Waals surface area contributed by atoms with E-state index >= 15 is 0 Å². The Hall–Kier alpha value is 0.0300. The first-order chi connectivity index (χ1) is 7.60. The van der Waals surface area contributed by atoms with E-state index in [-0.39, 0.29) is 0 Å². The summed E-state index contributed by atoms with van der Waals surface area (Å²) in [5.74, 6) is 0.529. The third-order valence-corrected chi connectivity index (χ3v) is 3.90. The topological polar surface area (TPSA) is 60.0 Å². The summed E-state index contributed by atoms with van der Waals surface area (Å²) >= 11 is 9.68. The van der Waals surface area contributed by atoms with Crippen LogP contribution < -0.4 is 5.73 Å². The number of hydrogen-bond acceptors (Lipinski definition) is 4. The molecule has 90 valence electrons. The van der Waals surface area contributed by atoms with Crippen molar-refractivity contribution in [2.75, 3.05) is 13.2 Å². The van der Waals surface area contributed by atoms with E-state index < -0.39 is 11.2 Å². The molecule has 16 heavy (non-hydrogen) atoms. The SMILES string of the molecule is NC1N=C(Br)C=NC1(Cl)CC1CCOCC1. The van der Waals surface area contributed by atoms with Gasteiger partial charge in [-0.15, -0.1) is 0 Å². The maximum absolute atomic E-state index is 6.43. The number of nitrogens with zero attached hydrogens (tertiary/aromatic N) is 2. The third kappa shape index (κ3) is 2.83. The molecule has 2 heterocycles. The number of nitrogens with two attached hydrogens (primary N) is 1. The summed E-state index contributed by atoms with van der Waals surface area (Å²) in [4.78, 5) is 7.74. The highest BCUT2D eigenvalue weighted by Gasteiger charge is 2.38. The summed E-state index contributed by atoms with van der Waals surface area (Å²) in [6.45, 7) is 1.62. The molecular weight excluding hydrogens is 293 g/mol. The largest absolute Gasteiger partial charge is 0.381 e. The van der Waals surface area contributed by atoms with Crippen LogP contribution in [0.2, 0.25) is 0 Å². The van der Waals surface area contributed by atoms with Gasteiger partial charge in [0.1, 0.15) is 10.8 Å². The van der Waals surface area contributed by atoms with E-state index in [4.69, 9.17) is 22.1 Å². The first-order valence-corrected chi connectivity index (χ1v) is 6.58. The van der Waals surface area contributed by atoms with E-state index in [1.165, 1.54) is 0 Å². The van der Waals surface area contributed by atoms with Crippen molar-refractivity contribution in [2.24, 2.45) is 21.6 Å². The highest BCUT2D eigenvalue weighted by atomic mass is 79.9. The molecule has 0 amide bonds. The molecule has 2 aliphatic rings. The highest BCUT2D eigenvalue weighted by molar-refractivity contribution is 9.19. The van der Waals surface area contributed by atoms with Gasteiger partial charge in [-0.05, 0) is 41.1 Å². The van der Waals surface area contributed by atoms with Crippen LogP contribution in [0.25, 0.3) is 0 Å². The van der Waals surface area contributed by atoms with Crippen molar-refractivity contribution < 1.29 is 4.74 Å². The van der Waals surface area contributed by atoms with Gasteiger partial charge in [-0.2, -0.15) is 0 Å². The van der Waals surface area contributed by atoms with Gasteiger partial charge < -0.3 is 10.5 Å². The third-order valence-electron chi connectivity index (χ3n) is 3.02. The molecular formula is C10H15BrClN3O. The summed E-state index contributed by atoms with van der Waals surface area (Å²) in [5.41, 5.74) is 5.93. The molecule has 2 atom stereocenters. The minimum atomic E-state index is -0.778. The normalized spacial score (nSPS) is 36.2. The Bertz CT molecular complexity index is 317. The average molecular weight is 309 g/mol. The minimum Gasteiger partial charge on any atom is -0.381 e. The van der Waals surface area contributed by atoms with Gasteiger partial charge in [-0.1, -0.05) is 11.6 Å². The lowest BCUT2D eigenvalue weighted by Gasteiger charge is -2.33. The van der Waals surface area contributed by atoms with Crippen molar-refractivity contribution >= 4 is 38.4 Å². The van der Waals surface area contributed by atoms with Crippen LogP contribution in [0.15, 0.2) is 9.98 Å². The fourth-order valence-corrected chi connectivity index (χ4v) is 2.67. The molecule has 2 rings (SSSR count). The van der Waals surface area contributed by atoms with Crippen LogP contribution in [0.1, 0.15) is 19.3 Å². The number of ether oxygens (including phenoxy) is 1. The molecule has 0 bridgehead atoms. The van der Waals surface area contributed by atoms with Crippen molar-refractivity contribution in [3.05, 3.63) is 0 Å². The number of alkyl halides is 1. The summed E-state index contributed by atoms with van der Waals surface area (Å²) in [5, 5.41) is 0. The number of halogens is 2. The predicted octanol–water partition coefficient (Wildman–Crippen LogP) is 1.90. The monoisotopic (exact) mass is 307 g/mol. The maximum atomic E-state index is 6.43. The van der Waals surface area contributed by atoms with Crippen LogP contribution >= 0.6 is 27.5 Å². The Morgan fingerprint density at radius 3 is 2.88 bits per heavy atom.